The fourth-order valence-corrected chi connectivity index (χ4v) is 6.56. The van der Waals surface area contributed by atoms with Gasteiger partial charge in [0.2, 0.25) is 0 Å². The summed E-state index contributed by atoms with van der Waals surface area (Å²) < 4.78 is 0. The summed E-state index contributed by atoms with van der Waals surface area (Å²) in [6.45, 7) is 8.53. The Morgan fingerprint density at radius 2 is 0.554 bits per heavy atom. The van der Waals surface area contributed by atoms with Crippen LogP contribution in [0.2, 0.25) is 0 Å². The summed E-state index contributed by atoms with van der Waals surface area (Å²) in [6.07, 6.45) is 7.93. The molecule has 0 unspecified atom stereocenters. The smallest absolute Gasteiger partial charge is 0.127 e. The zero-order chi connectivity index (χ0) is 39.0. The van der Waals surface area contributed by atoms with Crippen LogP contribution in [0.25, 0.3) is 0 Å². The average molecular weight is 737 g/mol. The molecule has 1 aliphatic heterocycles. The summed E-state index contributed by atoms with van der Waals surface area (Å²) in [6, 6.07) is 36.7. The van der Waals surface area contributed by atoms with Crippen LogP contribution >= 0.6 is 0 Å². The van der Waals surface area contributed by atoms with E-state index in [9.17, 15) is 20.4 Å². The predicted molar refractivity (Wildman–Crippen MR) is 227 cm³/mol. The van der Waals surface area contributed by atoms with Crippen molar-refractivity contribution in [1.82, 2.24) is 0 Å². The van der Waals surface area contributed by atoms with Crippen molar-refractivity contribution in [2.24, 2.45) is 20.0 Å². The maximum Gasteiger partial charge on any atom is 0.127 e. The van der Waals surface area contributed by atoms with Gasteiger partial charge in [-0.1, -0.05) is 97.1 Å². The Kier molecular flexibility index (Phi) is 11.1. The molecular formula is C48H40N4O4. The van der Waals surface area contributed by atoms with Crippen LogP contribution < -0.4 is 0 Å². The number of phenols is 4. The average Bonchev–Trinajstić information content (AvgIpc) is 3.19. The number of aromatic hydroxyl groups is 4. The summed E-state index contributed by atoms with van der Waals surface area (Å²) in [7, 11) is 0. The molecule has 8 heteroatoms. The number of benzene rings is 6. The molecule has 1 aliphatic rings. The van der Waals surface area contributed by atoms with Crippen molar-refractivity contribution in [1.29, 1.82) is 0 Å². The Hall–Kier alpha value is -7.32. The van der Waals surface area contributed by atoms with Crippen LogP contribution in [0, 0.1) is 0 Å². The minimum absolute atomic E-state index is 0.0928. The fraction of sp³-hybridized carbons (Fsp3) is 0.0833. The molecule has 0 fully saturated rings. The number of fused-ring (bicyclic) bond motifs is 10. The first-order chi connectivity index (χ1) is 27.2. The highest BCUT2D eigenvalue weighted by molar-refractivity contribution is 5.91. The number of para-hydroxylation sites is 8. The molecule has 0 amide bonds. The summed E-state index contributed by atoms with van der Waals surface area (Å²) >= 11 is 0. The fourth-order valence-electron chi connectivity index (χ4n) is 6.56. The second kappa shape index (κ2) is 16.8. The standard InChI is InChI=1S/C48H40N4O4/c1-31-23-33-11-7-15-37(45(33)53)27-49-41-19-3-5-21-43(41)51-29-39-17-9-13-35(47(39)55)25-32(2)26-36-14-10-18-40(48(36)56)30-52-44-22-6-4-20-42(44)50-28-38-16-8-12-34(24-31)46(38)54/h3-22,27-30,53-56H,1-2,23-26H2. The molecule has 0 saturated heterocycles. The van der Waals surface area contributed by atoms with Gasteiger partial charge in [-0.3, -0.25) is 20.0 Å². The monoisotopic (exact) mass is 736 g/mol. The minimum Gasteiger partial charge on any atom is -0.507 e. The van der Waals surface area contributed by atoms with E-state index in [0.717, 1.165) is 11.1 Å². The molecule has 4 N–H and O–H groups in total. The van der Waals surface area contributed by atoms with Crippen molar-refractivity contribution < 1.29 is 20.4 Å². The summed E-state index contributed by atoms with van der Waals surface area (Å²) in [5.74, 6) is 0.371. The van der Waals surface area contributed by atoms with Crippen LogP contribution in [0.4, 0.5) is 22.7 Å². The lowest BCUT2D eigenvalue weighted by molar-refractivity contribution is 0.466. The molecule has 0 saturated carbocycles. The third-order valence-electron chi connectivity index (χ3n) is 9.50. The molecule has 0 aromatic heterocycles. The number of aliphatic imine (C=N–C) groups is 4. The summed E-state index contributed by atoms with van der Waals surface area (Å²) in [5.41, 5.74) is 8.75. The molecule has 8 nitrogen and oxygen atoms in total. The molecule has 56 heavy (non-hydrogen) atoms. The second-order valence-corrected chi connectivity index (χ2v) is 13.6. The lowest BCUT2D eigenvalue weighted by Crippen LogP contribution is -1.98. The SMILES string of the molecule is C=C1Cc2cccc(c2O)C=Nc2ccccc2N=Cc2cccc(c2O)CC(=C)Cc2cccc(c2O)C=Nc2ccccc2N=Cc2cccc(c2O)C1. The Morgan fingerprint density at radius 3 is 0.786 bits per heavy atom. The van der Waals surface area contributed by atoms with Crippen LogP contribution in [-0.2, 0) is 25.7 Å². The van der Waals surface area contributed by atoms with Gasteiger partial charge in [-0.15, -0.1) is 0 Å². The third-order valence-corrected chi connectivity index (χ3v) is 9.50. The van der Waals surface area contributed by atoms with E-state index < -0.39 is 0 Å². The molecule has 6 aromatic rings. The topological polar surface area (TPSA) is 130 Å². The van der Waals surface area contributed by atoms with Crippen LogP contribution in [0.3, 0.4) is 0 Å². The van der Waals surface area contributed by atoms with E-state index >= 15 is 0 Å². The van der Waals surface area contributed by atoms with Gasteiger partial charge in [0.25, 0.3) is 0 Å². The highest BCUT2D eigenvalue weighted by atomic mass is 16.3. The van der Waals surface area contributed by atoms with Crippen LogP contribution in [0.5, 0.6) is 23.0 Å². The van der Waals surface area contributed by atoms with Crippen molar-refractivity contribution in [3.8, 4) is 23.0 Å². The highest BCUT2D eigenvalue weighted by Crippen LogP contribution is 2.34. The minimum atomic E-state index is 0.0928. The van der Waals surface area contributed by atoms with Crippen LogP contribution in [0.15, 0.2) is 166 Å². The number of hydrogen-bond acceptors (Lipinski definition) is 8. The number of phenolic OH excluding ortho intramolecular Hbond substituents is 4. The van der Waals surface area contributed by atoms with Crippen molar-refractivity contribution in [2.75, 3.05) is 0 Å². The van der Waals surface area contributed by atoms with Gasteiger partial charge in [0, 0.05) is 47.1 Å². The quantitative estimate of drug-likeness (QED) is 0.116. The largest absolute Gasteiger partial charge is 0.507 e. The van der Waals surface area contributed by atoms with E-state index in [1.54, 1.807) is 49.1 Å². The van der Waals surface area contributed by atoms with Crippen molar-refractivity contribution in [3.63, 3.8) is 0 Å². The molecule has 0 spiro atoms. The molecule has 0 aliphatic carbocycles. The number of nitrogens with zero attached hydrogens (tertiary/aromatic N) is 4. The van der Waals surface area contributed by atoms with E-state index in [-0.39, 0.29) is 23.0 Å². The first-order valence-corrected chi connectivity index (χ1v) is 18.1. The number of rotatable bonds is 0. The number of allylic oxidation sites excluding steroid dienone is 2. The third kappa shape index (κ3) is 8.56. The van der Waals surface area contributed by atoms with E-state index in [4.69, 9.17) is 0 Å². The molecular weight excluding hydrogens is 697 g/mol. The molecule has 0 radical (unpaired) electrons. The van der Waals surface area contributed by atoms with E-state index in [1.165, 1.54) is 0 Å². The van der Waals surface area contributed by atoms with Gasteiger partial charge >= 0.3 is 0 Å². The van der Waals surface area contributed by atoms with E-state index in [2.05, 4.69) is 33.1 Å². The highest BCUT2D eigenvalue weighted by Gasteiger charge is 2.14. The normalized spacial score (nSPS) is 13.5. The van der Waals surface area contributed by atoms with Gasteiger partial charge in [-0.05, 0) is 96.5 Å². The van der Waals surface area contributed by atoms with Gasteiger partial charge in [-0.2, -0.15) is 0 Å². The van der Waals surface area contributed by atoms with Gasteiger partial charge in [0.05, 0.1) is 22.7 Å². The molecule has 276 valence electrons. The Bertz CT molecular complexity index is 2230. The zero-order valence-electron chi connectivity index (χ0n) is 30.7. The maximum absolute atomic E-state index is 11.3. The number of hydrogen-bond donors (Lipinski definition) is 4. The summed E-state index contributed by atoms with van der Waals surface area (Å²) in [5, 5.41) is 45.0. The Labute approximate surface area is 325 Å². The van der Waals surface area contributed by atoms with Crippen molar-refractivity contribution in [3.05, 3.63) is 190 Å². The summed E-state index contributed by atoms with van der Waals surface area (Å²) in [4.78, 5) is 18.7. The van der Waals surface area contributed by atoms with Gasteiger partial charge < -0.3 is 20.4 Å². The molecule has 6 aromatic carbocycles. The predicted octanol–water partition coefficient (Wildman–Crippen LogP) is 10.5. The Balaban J connectivity index is 1.26. The molecule has 7 rings (SSSR count). The second-order valence-electron chi connectivity index (χ2n) is 13.6. The van der Waals surface area contributed by atoms with Crippen LogP contribution in [0.1, 0.15) is 44.5 Å². The molecule has 0 atom stereocenters. The van der Waals surface area contributed by atoms with Crippen molar-refractivity contribution >= 4 is 47.6 Å². The first-order valence-electron chi connectivity index (χ1n) is 18.1. The van der Waals surface area contributed by atoms with Crippen LogP contribution in [-0.4, -0.2) is 45.3 Å². The van der Waals surface area contributed by atoms with Gasteiger partial charge in [-0.25, -0.2) is 0 Å². The van der Waals surface area contributed by atoms with E-state index in [0.29, 0.717) is 92.9 Å². The lowest BCUT2D eigenvalue weighted by Gasteiger charge is -2.12. The molecule has 1 heterocycles. The van der Waals surface area contributed by atoms with Gasteiger partial charge in [0.1, 0.15) is 23.0 Å². The van der Waals surface area contributed by atoms with Crippen molar-refractivity contribution in [2.45, 2.75) is 25.7 Å². The lowest BCUT2D eigenvalue weighted by atomic mass is 9.96. The molecule has 8 bridgehead atoms. The Morgan fingerprint density at radius 1 is 0.321 bits per heavy atom. The first kappa shape index (κ1) is 37.0. The maximum atomic E-state index is 11.3. The van der Waals surface area contributed by atoms with Gasteiger partial charge in [0.15, 0.2) is 0 Å². The van der Waals surface area contributed by atoms with E-state index in [1.807, 2.05) is 97.1 Å². The zero-order valence-corrected chi connectivity index (χ0v) is 30.7.